The molecule has 38 heavy (non-hydrogen) atoms. The van der Waals surface area contributed by atoms with Crippen molar-refractivity contribution in [2.24, 2.45) is 17.6 Å². The number of aromatic nitrogens is 3. The van der Waals surface area contributed by atoms with Crippen LogP contribution in [0.5, 0.6) is 5.88 Å². The number of hydrogen-bond acceptors (Lipinski definition) is 7. The number of carbonyl (C=O) groups excluding carboxylic acids is 1. The molecule has 2 unspecified atom stereocenters. The summed E-state index contributed by atoms with van der Waals surface area (Å²) in [6.45, 7) is 7.00. The molecule has 2 aliphatic rings. The van der Waals surface area contributed by atoms with Gasteiger partial charge in [0.05, 0.1) is 17.1 Å². The zero-order valence-electron chi connectivity index (χ0n) is 21.4. The van der Waals surface area contributed by atoms with Crippen LogP contribution >= 0.6 is 11.3 Å². The summed E-state index contributed by atoms with van der Waals surface area (Å²) in [6.07, 6.45) is 1.72. The van der Waals surface area contributed by atoms with E-state index >= 15 is 0 Å². The summed E-state index contributed by atoms with van der Waals surface area (Å²) < 4.78 is 19.8. The third-order valence-electron chi connectivity index (χ3n) is 7.22. The molecule has 0 bridgehead atoms. The van der Waals surface area contributed by atoms with Crippen LogP contribution in [0.15, 0.2) is 60.8 Å². The Balaban J connectivity index is 1.16. The quantitative estimate of drug-likeness (QED) is 0.375. The van der Waals surface area contributed by atoms with Crippen molar-refractivity contribution in [3.63, 3.8) is 0 Å². The molecule has 1 saturated carbocycles. The van der Waals surface area contributed by atoms with Crippen LogP contribution in [0.3, 0.4) is 0 Å². The Hall–Kier alpha value is -3.69. The Kier molecular flexibility index (Phi) is 6.00. The number of ether oxygens (including phenoxy) is 1. The lowest BCUT2D eigenvalue weighted by molar-refractivity contribution is 0.0755. The van der Waals surface area contributed by atoms with Crippen LogP contribution in [0.1, 0.15) is 34.8 Å². The van der Waals surface area contributed by atoms with E-state index in [-0.39, 0.29) is 29.7 Å². The highest BCUT2D eigenvalue weighted by molar-refractivity contribution is 7.17. The number of likely N-dealkylation sites (tertiary alicyclic amines) is 1. The van der Waals surface area contributed by atoms with Crippen molar-refractivity contribution in [1.29, 1.82) is 0 Å². The second-order valence-electron chi connectivity index (χ2n) is 10.6. The van der Waals surface area contributed by atoms with Crippen molar-refractivity contribution < 1.29 is 13.9 Å². The van der Waals surface area contributed by atoms with E-state index < -0.39 is 5.54 Å². The first kappa shape index (κ1) is 24.6. The van der Waals surface area contributed by atoms with Gasteiger partial charge in [-0.05, 0) is 68.8 Å². The first-order valence-corrected chi connectivity index (χ1v) is 13.4. The number of rotatable bonds is 6. The number of hydrogen-bond donors (Lipinski definition) is 1. The summed E-state index contributed by atoms with van der Waals surface area (Å²) >= 11 is 1.39. The molecular formula is C29H28FN5O2S. The average molecular weight is 530 g/mol. The van der Waals surface area contributed by atoms with Crippen molar-refractivity contribution >= 4 is 17.2 Å². The molecule has 9 heteroatoms. The molecular weight excluding hydrogens is 501 g/mol. The lowest BCUT2D eigenvalue weighted by atomic mass is 9.95. The largest absolute Gasteiger partial charge is 0.474 e. The maximum absolute atomic E-state index is 13.5. The number of fused-ring (bicyclic) bond motifs is 1. The summed E-state index contributed by atoms with van der Waals surface area (Å²) in [7, 11) is 0. The van der Waals surface area contributed by atoms with Gasteiger partial charge in [0.25, 0.3) is 5.91 Å². The molecule has 4 heterocycles. The zero-order chi connectivity index (χ0) is 26.6. The van der Waals surface area contributed by atoms with Crippen LogP contribution in [0, 0.1) is 24.6 Å². The van der Waals surface area contributed by atoms with Crippen molar-refractivity contribution in [2.45, 2.75) is 32.4 Å². The van der Waals surface area contributed by atoms with Crippen LogP contribution in [0.2, 0.25) is 0 Å². The summed E-state index contributed by atoms with van der Waals surface area (Å²) in [5.41, 5.74) is 9.66. The Morgan fingerprint density at radius 3 is 2.47 bits per heavy atom. The van der Waals surface area contributed by atoms with Gasteiger partial charge in [0, 0.05) is 48.3 Å². The maximum atomic E-state index is 13.5. The second-order valence-corrected chi connectivity index (χ2v) is 11.6. The third kappa shape index (κ3) is 4.68. The molecule has 3 aromatic heterocycles. The fraction of sp³-hybridized carbons (Fsp3) is 0.310. The molecule has 1 aliphatic carbocycles. The Morgan fingerprint density at radius 2 is 1.82 bits per heavy atom. The molecule has 1 aliphatic heterocycles. The summed E-state index contributed by atoms with van der Waals surface area (Å²) in [4.78, 5) is 29.5. The molecule has 1 aromatic carbocycles. The summed E-state index contributed by atoms with van der Waals surface area (Å²) in [5, 5.41) is 0.753. The topological polar surface area (TPSA) is 94.2 Å². The van der Waals surface area contributed by atoms with E-state index in [1.54, 1.807) is 18.3 Å². The fourth-order valence-electron chi connectivity index (χ4n) is 5.00. The predicted octanol–water partition coefficient (Wildman–Crippen LogP) is 5.06. The first-order valence-electron chi connectivity index (χ1n) is 12.6. The normalized spacial score (nSPS) is 20.3. The molecule has 0 radical (unpaired) electrons. The molecule has 194 valence electrons. The first-order chi connectivity index (χ1) is 18.2. The number of aryl methyl sites for hydroxylation is 1. The monoisotopic (exact) mass is 529 g/mol. The lowest BCUT2D eigenvalue weighted by Crippen LogP contribution is -2.33. The average Bonchev–Trinajstić information content (AvgIpc) is 3.22. The number of thiazole rings is 1. The van der Waals surface area contributed by atoms with E-state index in [1.807, 2.05) is 56.0 Å². The van der Waals surface area contributed by atoms with Gasteiger partial charge in [-0.2, -0.15) is 0 Å². The number of nitrogens with two attached hydrogens (primary N) is 1. The minimum absolute atomic E-state index is 0.00427. The third-order valence-corrected chi connectivity index (χ3v) is 8.39. The number of halogens is 1. The number of pyridine rings is 2. The van der Waals surface area contributed by atoms with Crippen LogP contribution in [0.4, 0.5) is 4.39 Å². The SMILES string of the molecule is Cc1nc(-c2ccccn2)sc1C(=O)N1CC2C(C1)C2Oc1cc(C(C)(C)N)cc(-c2ccc(F)cc2)n1. The predicted molar refractivity (Wildman–Crippen MR) is 144 cm³/mol. The maximum Gasteiger partial charge on any atom is 0.265 e. The number of piperidine rings is 1. The number of benzene rings is 1. The number of carbonyl (C=O) groups is 1. The number of nitrogens with zero attached hydrogens (tertiary/aromatic N) is 4. The van der Waals surface area contributed by atoms with Gasteiger partial charge in [-0.25, -0.2) is 14.4 Å². The lowest BCUT2D eigenvalue weighted by Gasteiger charge is -2.22. The molecule has 7 nitrogen and oxygen atoms in total. The van der Waals surface area contributed by atoms with Gasteiger partial charge in [-0.3, -0.25) is 9.78 Å². The highest BCUT2D eigenvalue weighted by Gasteiger charge is 2.59. The van der Waals surface area contributed by atoms with E-state index in [9.17, 15) is 9.18 Å². The van der Waals surface area contributed by atoms with E-state index in [1.165, 1.54) is 23.5 Å². The Bertz CT molecular complexity index is 1490. The van der Waals surface area contributed by atoms with Crippen LogP contribution in [-0.2, 0) is 5.54 Å². The fourth-order valence-corrected chi connectivity index (χ4v) is 6.01. The Labute approximate surface area is 224 Å². The van der Waals surface area contributed by atoms with Gasteiger partial charge >= 0.3 is 0 Å². The minimum atomic E-state index is -0.598. The summed E-state index contributed by atoms with van der Waals surface area (Å²) in [5.74, 6) is 0.723. The van der Waals surface area contributed by atoms with E-state index in [2.05, 4.69) is 9.97 Å². The molecule has 6 rings (SSSR count). The second kappa shape index (κ2) is 9.25. The van der Waals surface area contributed by atoms with Gasteiger partial charge in [0.1, 0.15) is 21.8 Å². The highest BCUT2D eigenvalue weighted by atomic mass is 32.1. The van der Waals surface area contributed by atoms with Gasteiger partial charge in [0.2, 0.25) is 5.88 Å². The van der Waals surface area contributed by atoms with Crippen molar-refractivity contribution in [2.75, 3.05) is 13.1 Å². The van der Waals surface area contributed by atoms with Gasteiger partial charge in [-0.15, -0.1) is 11.3 Å². The van der Waals surface area contributed by atoms with Crippen molar-refractivity contribution in [1.82, 2.24) is 19.9 Å². The molecule has 4 aromatic rings. The molecule has 2 atom stereocenters. The van der Waals surface area contributed by atoms with Crippen LogP contribution < -0.4 is 10.5 Å². The molecule has 2 N–H and O–H groups in total. The van der Waals surface area contributed by atoms with Crippen molar-refractivity contribution in [3.05, 3.63) is 82.7 Å². The molecule has 1 amide bonds. The van der Waals surface area contributed by atoms with Gasteiger partial charge in [0.15, 0.2) is 0 Å². The number of amides is 1. The standard InChI is InChI=1S/C29H28FN5O2S/c1-16-26(38-27(33-16)22-6-4-5-11-32-22)28(36)35-14-20-21(15-35)25(20)37-24-13-18(29(2,3)31)12-23(34-24)17-7-9-19(30)10-8-17/h4-13,20-21,25H,14-15,31H2,1-3H3. The molecule has 0 spiro atoms. The Morgan fingerprint density at radius 1 is 1.08 bits per heavy atom. The molecule has 2 fully saturated rings. The van der Waals surface area contributed by atoms with E-state index in [0.717, 1.165) is 27.5 Å². The van der Waals surface area contributed by atoms with Crippen LogP contribution in [0.25, 0.3) is 22.0 Å². The van der Waals surface area contributed by atoms with Crippen LogP contribution in [-0.4, -0.2) is 45.0 Å². The van der Waals surface area contributed by atoms with Crippen molar-refractivity contribution in [3.8, 4) is 27.8 Å². The molecule has 1 saturated heterocycles. The minimum Gasteiger partial charge on any atom is -0.474 e. The van der Waals surface area contributed by atoms with Gasteiger partial charge < -0.3 is 15.4 Å². The van der Waals surface area contributed by atoms with Gasteiger partial charge in [-0.1, -0.05) is 6.07 Å². The van der Waals surface area contributed by atoms with E-state index in [0.29, 0.717) is 29.5 Å². The zero-order valence-corrected chi connectivity index (χ0v) is 22.2. The summed E-state index contributed by atoms with van der Waals surface area (Å²) in [6, 6.07) is 15.7. The smallest absolute Gasteiger partial charge is 0.265 e. The highest BCUT2D eigenvalue weighted by Crippen LogP contribution is 2.48. The van der Waals surface area contributed by atoms with E-state index in [4.69, 9.17) is 15.5 Å².